The molecule has 0 atom stereocenters. The van der Waals surface area contributed by atoms with Gasteiger partial charge < -0.3 is 9.64 Å². The molecule has 2 heterocycles. The molecule has 148 valence electrons. The highest BCUT2D eigenvalue weighted by molar-refractivity contribution is 6.36. The Bertz CT molecular complexity index is 852. The van der Waals surface area contributed by atoms with E-state index in [1.54, 1.807) is 0 Å². The minimum atomic E-state index is -0.335. The Morgan fingerprint density at radius 2 is 1.71 bits per heavy atom. The van der Waals surface area contributed by atoms with Crippen molar-refractivity contribution in [2.45, 2.75) is 31.9 Å². The maximum atomic E-state index is 11.1. The van der Waals surface area contributed by atoms with Gasteiger partial charge in [0, 0.05) is 61.3 Å². The largest absolute Gasteiger partial charge is 0.457 e. The van der Waals surface area contributed by atoms with Gasteiger partial charge in [-0.1, -0.05) is 41.4 Å². The van der Waals surface area contributed by atoms with Crippen molar-refractivity contribution in [3.05, 3.63) is 63.6 Å². The number of anilines is 1. The van der Waals surface area contributed by atoms with Crippen LogP contribution in [0.5, 0.6) is 0 Å². The van der Waals surface area contributed by atoms with Crippen LogP contribution in [0.25, 0.3) is 0 Å². The van der Waals surface area contributed by atoms with Gasteiger partial charge in [-0.3, -0.25) is 9.69 Å². The van der Waals surface area contributed by atoms with E-state index in [9.17, 15) is 4.79 Å². The smallest absolute Gasteiger partial charge is 0.303 e. The van der Waals surface area contributed by atoms with Gasteiger partial charge in [0.05, 0.1) is 0 Å². The summed E-state index contributed by atoms with van der Waals surface area (Å²) in [5.74, 6) is 0.165. The Morgan fingerprint density at radius 1 is 1.11 bits per heavy atom. The molecule has 4 rings (SSSR count). The lowest BCUT2D eigenvalue weighted by Crippen LogP contribution is -2.61. The molecular formula is C22H24Cl2N2O2. The summed E-state index contributed by atoms with van der Waals surface area (Å²) < 4.78 is 5.37. The predicted octanol–water partition coefficient (Wildman–Crippen LogP) is 4.73. The predicted molar refractivity (Wildman–Crippen MR) is 113 cm³/mol. The summed E-state index contributed by atoms with van der Waals surface area (Å²) in [5.41, 5.74) is 3.21. The number of rotatable bonds is 5. The van der Waals surface area contributed by atoms with Gasteiger partial charge in [-0.25, -0.2) is 0 Å². The Labute approximate surface area is 176 Å². The van der Waals surface area contributed by atoms with Crippen LogP contribution in [0, 0.1) is 0 Å². The summed E-state index contributed by atoms with van der Waals surface area (Å²) in [5, 5.41) is 1.51. The lowest BCUT2D eigenvalue weighted by atomic mass is 9.90. The molecule has 6 heteroatoms. The van der Waals surface area contributed by atoms with Crippen LogP contribution in [0.15, 0.2) is 42.5 Å². The number of benzene rings is 2. The van der Waals surface area contributed by atoms with E-state index in [4.69, 9.17) is 27.9 Å². The monoisotopic (exact) mass is 418 g/mol. The molecule has 0 amide bonds. The zero-order valence-corrected chi connectivity index (χ0v) is 17.6. The summed E-state index contributed by atoms with van der Waals surface area (Å²) >= 11 is 12.7. The van der Waals surface area contributed by atoms with E-state index in [1.165, 1.54) is 18.2 Å². The van der Waals surface area contributed by atoms with Crippen molar-refractivity contribution in [2.75, 3.05) is 31.1 Å². The average molecular weight is 419 g/mol. The molecular weight excluding hydrogens is 395 g/mol. The first-order valence-electron chi connectivity index (χ1n) is 9.53. The molecule has 0 aliphatic carbocycles. The molecule has 0 saturated carbocycles. The van der Waals surface area contributed by atoms with E-state index < -0.39 is 0 Å². The van der Waals surface area contributed by atoms with Gasteiger partial charge in [0.1, 0.15) is 5.60 Å². The van der Waals surface area contributed by atoms with Gasteiger partial charge >= 0.3 is 5.97 Å². The number of hydrogen-bond acceptors (Lipinski definition) is 4. The van der Waals surface area contributed by atoms with E-state index in [2.05, 4.69) is 34.1 Å². The van der Waals surface area contributed by atoms with Crippen LogP contribution in [0.2, 0.25) is 10.0 Å². The Morgan fingerprint density at radius 3 is 2.29 bits per heavy atom. The maximum absolute atomic E-state index is 11.1. The number of carbonyl (C=O) groups is 1. The van der Waals surface area contributed by atoms with Crippen molar-refractivity contribution in [3.8, 4) is 0 Å². The van der Waals surface area contributed by atoms with Crippen molar-refractivity contribution in [2.24, 2.45) is 0 Å². The summed E-state index contributed by atoms with van der Waals surface area (Å²) in [7, 11) is 0. The third-order valence-electron chi connectivity index (χ3n) is 5.50. The molecule has 0 spiro atoms. The molecule has 0 bridgehead atoms. The van der Waals surface area contributed by atoms with Crippen molar-refractivity contribution >= 4 is 34.9 Å². The van der Waals surface area contributed by atoms with Crippen LogP contribution in [0.4, 0.5) is 5.69 Å². The molecule has 0 aromatic heterocycles. The van der Waals surface area contributed by atoms with Crippen LogP contribution < -0.4 is 4.90 Å². The lowest BCUT2D eigenvalue weighted by molar-refractivity contribution is -0.174. The first kappa shape index (κ1) is 19.6. The van der Waals surface area contributed by atoms with E-state index >= 15 is 0 Å². The third-order valence-corrected chi connectivity index (χ3v) is 6.16. The third kappa shape index (κ3) is 4.00. The average Bonchev–Trinajstić information content (AvgIpc) is 2.55. The topological polar surface area (TPSA) is 32.8 Å². The second kappa shape index (κ2) is 7.58. The molecule has 2 aromatic rings. The minimum absolute atomic E-state index is 0.211. The van der Waals surface area contributed by atoms with Crippen molar-refractivity contribution in [1.82, 2.24) is 4.90 Å². The van der Waals surface area contributed by atoms with Gasteiger partial charge in [0.2, 0.25) is 0 Å². The molecule has 0 unspecified atom stereocenters. The van der Waals surface area contributed by atoms with Gasteiger partial charge in [-0.05, 0) is 42.3 Å². The normalized spacial score (nSPS) is 19.1. The van der Waals surface area contributed by atoms with E-state index in [-0.39, 0.29) is 11.6 Å². The number of halogens is 2. The molecule has 0 N–H and O–H groups in total. The van der Waals surface area contributed by atoms with Gasteiger partial charge in [-0.2, -0.15) is 0 Å². The summed E-state index contributed by atoms with van der Waals surface area (Å²) in [6.07, 6.45) is 0. The number of carbonyl (C=O) groups excluding carboxylic acids is 1. The van der Waals surface area contributed by atoms with Crippen molar-refractivity contribution in [1.29, 1.82) is 0 Å². The molecule has 2 fully saturated rings. The second-order valence-corrected chi connectivity index (χ2v) is 8.91. The fourth-order valence-corrected chi connectivity index (χ4v) is 4.97. The van der Waals surface area contributed by atoms with Crippen molar-refractivity contribution in [3.63, 3.8) is 0 Å². The molecule has 2 saturated heterocycles. The molecule has 0 radical (unpaired) electrons. The van der Waals surface area contributed by atoms with Gasteiger partial charge in [-0.15, -0.1) is 0 Å². The minimum Gasteiger partial charge on any atom is -0.457 e. The zero-order valence-electron chi connectivity index (χ0n) is 16.1. The Kier molecular flexibility index (Phi) is 5.30. The first-order valence-corrected chi connectivity index (χ1v) is 10.3. The van der Waals surface area contributed by atoms with Crippen LogP contribution in [-0.2, 0) is 16.1 Å². The van der Waals surface area contributed by atoms with Crippen LogP contribution in [-0.4, -0.2) is 42.6 Å². The first-order chi connectivity index (χ1) is 13.3. The fourth-order valence-electron chi connectivity index (χ4n) is 4.27. The Hall–Kier alpha value is -1.75. The highest BCUT2D eigenvalue weighted by Gasteiger charge is 2.41. The highest BCUT2D eigenvalue weighted by atomic mass is 35.5. The number of esters is 1. The van der Waals surface area contributed by atoms with E-state index in [0.29, 0.717) is 5.92 Å². The van der Waals surface area contributed by atoms with E-state index in [0.717, 1.165) is 48.3 Å². The molecule has 28 heavy (non-hydrogen) atoms. The second-order valence-electron chi connectivity index (χ2n) is 8.09. The number of hydrogen-bond donors (Lipinski definition) is 0. The van der Waals surface area contributed by atoms with Crippen LogP contribution in [0.1, 0.15) is 30.9 Å². The molecule has 2 aliphatic heterocycles. The standard InChI is InChI=1S/C22H24Cl2N2O2/c1-15(27)28-22(2)13-25(14-22)10-16-6-8-18(9-7-16)26-11-17(12-26)21-19(23)4-3-5-20(21)24/h3-9,17H,10-14H2,1-2H3. The lowest BCUT2D eigenvalue weighted by Gasteiger charge is -2.46. The summed E-state index contributed by atoms with van der Waals surface area (Å²) in [6, 6.07) is 14.4. The van der Waals surface area contributed by atoms with Crippen molar-refractivity contribution < 1.29 is 9.53 Å². The highest BCUT2D eigenvalue weighted by Crippen LogP contribution is 2.39. The number of ether oxygens (including phenoxy) is 1. The van der Waals surface area contributed by atoms with Crippen LogP contribution in [0.3, 0.4) is 0 Å². The number of nitrogens with zero attached hydrogens (tertiary/aromatic N) is 2. The molecule has 4 nitrogen and oxygen atoms in total. The zero-order chi connectivity index (χ0) is 19.9. The summed E-state index contributed by atoms with van der Waals surface area (Å²) in [6.45, 7) is 7.73. The van der Waals surface area contributed by atoms with Gasteiger partial charge in [0.25, 0.3) is 0 Å². The van der Waals surface area contributed by atoms with E-state index in [1.807, 2.05) is 25.1 Å². The fraction of sp³-hybridized carbons (Fsp3) is 0.409. The molecule has 2 aromatic carbocycles. The van der Waals surface area contributed by atoms with Crippen LogP contribution >= 0.6 is 23.2 Å². The number of likely N-dealkylation sites (tertiary alicyclic amines) is 1. The quantitative estimate of drug-likeness (QED) is 0.656. The summed E-state index contributed by atoms with van der Waals surface area (Å²) in [4.78, 5) is 15.8. The SMILES string of the molecule is CC(=O)OC1(C)CN(Cc2ccc(N3CC(c4c(Cl)cccc4Cl)C3)cc2)C1. The molecule has 2 aliphatic rings. The van der Waals surface area contributed by atoms with Gasteiger partial charge in [0.15, 0.2) is 0 Å². The maximum Gasteiger partial charge on any atom is 0.303 e. The Balaban J connectivity index is 1.30.